The van der Waals surface area contributed by atoms with Gasteiger partial charge in [-0.15, -0.1) is 0 Å². The van der Waals surface area contributed by atoms with Crippen molar-refractivity contribution >= 4 is 28.0 Å². The average molecular weight is 282 g/mol. The number of hydrogen-bond acceptors (Lipinski definition) is 4. The quantitative estimate of drug-likeness (QED) is 0.533. The Morgan fingerprint density at radius 3 is 2.24 bits per heavy atom. The van der Waals surface area contributed by atoms with Gasteiger partial charge in [0, 0.05) is 0 Å². The number of esters is 1. The standard InChI is InChI=1S/C15H12N2O2.C2H6/c1-19-14(18)9-10-5-4-8-13-15(10)17-12-7-3-2-6-11(12)16-13;1-2/h2-8H,9H2,1H3;1-2H3. The van der Waals surface area contributed by atoms with Crippen molar-refractivity contribution in [3.05, 3.63) is 48.0 Å². The third-order valence-corrected chi connectivity index (χ3v) is 3.02. The third kappa shape index (κ3) is 3.16. The Balaban J connectivity index is 0.000000774. The Labute approximate surface area is 123 Å². The minimum atomic E-state index is -0.276. The third-order valence-electron chi connectivity index (χ3n) is 3.02. The van der Waals surface area contributed by atoms with Crippen LogP contribution in [0.3, 0.4) is 0 Å². The molecule has 0 radical (unpaired) electrons. The molecule has 0 spiro atoms. The van der Waals surface area contributed by atoms with E-state index in [0.29, 0.717) is 0 Å². The summed E-state index contributed by atoms with van der Waals surface area (Å²) >= 11 is 0. The number of para-hydroxylation sites is 3. The minimum Gasteiger partial charge on any atom is -0.469 e. The lowest BCUT2D eigenvalue weighted by molar-refractivity contribution is -0.139. The molecule has 0 unspecified atom stereocenters. The smallest absolute Gasteiger partial charge is 0.310 e. The molecule has 0 saturated carbocycles. The molecule has 4 nitrogen and oxygen atoms in total. The van der Waals surface area contributed by atoms with Crippen molar-refractivity contribution in [2.24, 2.45) is 0 Å². The van der Waals surface area contributed by atoms with Gasteiger partial charge in [-0.05, 0) is 23.8 Å². The van der Waals surface area contributed by atoms with Gasteiger partial charge in [0.15, 0.2) is 0 Å². The Morgan fingerprint density at radius 1 is 0.952 bits per heavy atom. The largest absolute Gasteiger partial charge is 0.469 e. The summed E-state index contributed by atoms with van der Waals surface area (Å²) in [5.41, 5.74) is 4.06. The van der Waals surface area contributed by atoms with Crippen LogP contribution in [0, 0.1) is 0 Å². The van der Waals surface area contributed by atoms with Crippen LogP contribution >= 0.6 is 0 Å². The van der Waals surface area contributed by atoms with Crippen molar-refractivity contribution in [1.29, 1.82) is 0 Å². The van der Waals surface area contributed by atoms with Crippen LogP contribution in [0.1, 0.15) is 19.4 Å². The maximum atomic E-state index is 11.4. The van der Waals surface area contributed by atoms with Crippen molar-refractivity contribution in [1.82, 2.24) is 9.97 Å². The highest BCUT2D eigenvalue weighted by atomic mass is 16.5. The lowest BCUT2D eigenvalue weighted by atomic mass is 10.1. The molecule has 0 bridgehead atoms. The predicted octanol–water partition coefficient (Wildman–Crippen LogP) is 3.52. The first kappa shape index (κ1) is 14.9. The molecule has 0 atom stereocenters. The van der Waals surface area contributed by atoms with Crippen molar-refractivity contribution in [2.75, 3.05) is 7.11 Å². The molecule has 108 valence electrons. The van der Waals surface area contributed by atoms with E-state index in [1.165, 1.54) is 7.11 Å². The van der Waals surface area contributed by atoms with Crippen molar-refractivity contribution in [3.8, 4) is 0 Å². The Kier molecular flexibility index (Phi) is 4.82. The van der Waals surface area contributed by atoms with Gasteiger partial charge < -0.3 is 4.74 Å². The molecule has 0 aliphatic heterocycles. The van der Waals surface area contributed by atoms with E-state index in [9.17, 15) is 4.79 Å². The molecule has 21 heavy (non-hydrogen) atoms. The summed E-state index contributed by atoms with van der Waals surface area (Å²) in [4.78, 5) is 20.6. The van der Waals surface area contributed by atoms with Crippen LogP contribution in [-0.4, -0.2) is 23.0 Å². The van der Waals surface area contributed by atoms with Crippen molar-refractivity contribution in [2.45, 2.75) is 20.3 Å². The first-order valence-corrected chi connectivity index (χ1v) is 6.99. The fourth-order valence-electron chi connectivity index (χ4n) is 2.07. The molecular weight excluding hydrogens is 264 g/mol. The van der Waals surface area contributed by atoms with Crippen LogP contribution < -0.4 is 0 Å². The summed E-state index contributed by atoms with van der Waals surface area (Å²) in [7, 11) is 1.38. The SMILES string of the molecule is CC.COC(=O)Cc1cccc2nc3ccccc3nc12. The van der Waals surface area contributed by atoms with E-state index < -0.39 is 0 Å². The molecule has 1 aromatic heterocycles. The second kappa shape index (κ2) is 6.79. The van der Waals surface area contributed by atoms with E-state index in [-0.39, 0.29) is 12.4 Å². The summed E-state index contributed by atoms with van der Waals surface area (Å²) in [5, 5.41) is 0. The highest BCUT2D eigenvalue weighted by Crippen LogP contribution is 2.19. The van der Waals surface area contributed by atoms with Gasteiger partial charge in [-0.2, -0.15) is 0 Å². The molecule has 4 heteroatoms. The maximum Gasteiger partial charge on any atom is 0.310 e. The number of nitrogens with zero attached hydrogens (tertiary/aromatic N) is 2. The molecule has 0 N–H and O–H groups in total. The fraction of sp³-hybridized carbons (Fsp3) is 0.235. The minimum absolute atomic E-state index is 0.209. The fourth-order valence-corrected chi connectivity index (χ4v) is 2.07. The summed E-state index contributed by atoms with van der Waals surface area (Å²) in [6.45, 7) is 4.00. The normalized spacial score (nSPS) is 10.0. The van der Waals surface area contributed by atoms with Gasteiger partial charge in [-0.25, -0.2) is 9.97 Å². The van der Waals surface area contributed by atoms with Crippen molar-refractivity contribution < 1.29 is 9.53 Å². The molecule has 0 aliphatic carbocycles. The molecule has 0 aliphatic rings. The average Bonchev–Trinajstić information content (AvgIpc) is 2.55. The number of hydrogen-bond donors (Lipinski definition) is 0. The molecule has 0 saturated heterocycles. The molecule has 0 amide bonds. The lowest BCUT2D eigenvalue weighted by Gasteiger charge is -2.05. The summed E-state index contributed by atoms with van der Waals surface area (Å²) in [5.74, 6) is -0.276. The number of methoxy groups -OCH3 is 1. The molecule has 1 heterocycles. The zero-order valence-corrected chi connectivity index (χ0v) is 12.5. The Morgan fingerprint density at radius 2 is 1.57 bits per heavy atom. The topological polar surface area (TPSA) is 52.1 Å². The lowest BCUT2D eigenvalue weighted by Crippen LogP contribution is -2.05. The molecule has 2 aromatic carbocycles. The zero-order chi connectivity index (χ0) is 15.2. The van der Waals surface area contributed by atoms with Crippen LogP contribution in [0.25, 0.3) is 22.1 Å². The van der Waals surface area contributed by atoms with Gasteiger partial charge in [0.25, 0.3) is 0 Å². The van der Waals surface area contributed by atoms with Gasteiger partial charge in [0.2, 0.25) is 0 Å². The van der Waals surface area contributed by atoms with Gasteiger partial charge in [0.05, 0.1) is 35.6 Å². The first-order chi connectivity index (χ1) is 10.3. The van der Waals surface area contributed by atoms with E-state index in [1.807, 2.05) is 56.3 Å². The Hall–Kier alpha value is -2.49. The van der Waals surface area contributed by atoms with E-state index in [0.717, 1.165) is 27.6 Å². The molecular formula is C17H18N2O2. The second-order valence-electron chi connectivity index (χ2n) is 4.25. The van der Waals surface area contributed by atoms with Gasteiger partial charge in [-0.1, -0.05) is 38.1 Å². The number of ether oxygens (including phenoxy) is 1. The monoisotopic (exact) mass is 282 g/mol. The number of carbonyl (C=O) groups is 1. The molecule has 3 aromatic rings. The predicted molar refractivity (Wildman–Crippen MR) is 84.1 cm³/mol. The van der Waals surface area contributed by atoms with E-state index >= 15 is 0 Å². The number of benzene rings is 2. The number of carbonyl (C=O) groups excluding carboxylic acids is 1. The highest BCUT2D eigenvalue weighted by Gasteiger charge is 2.09. The van der Waals surface area contributed by atoms with Gasteiger partial charge >= 0.3 is 5.97 Å². The Bertz CT molecular complexity index is 769. The number of aromatic nitrogens is 2. The first-order valence-electron chi connectivity index (χ1n) is 6.99. The summed E-state index contributed by atoms with van der Waals surface area (Å²) in [6.07, 6.45) is 0.209. The van der Waals surface area contributed by atoms with Gasteiger partial charge in [-0.3, -0.25) is 4.79 Å². The maximum absolute atomic E-state index is 11.4. The number of rotatable bonds is 2. The second-order valence-corrected chi connectivity index (χ2v) is 4.25. The van der Waals surface area contributed by atoms with Crippen LogP contribution in [0.4, 0.5) is 0 Å². The van der Waals surface area contributed by atoms with Crippen LogP contribution in [0.15, 0.2) is 42.5 Å². The van der Waals surface area contributed by atoms with Crippen LogP contribution in [0.5, 0.6) is 0 Å². The van der Waals surface area contributed by atoms with Gasteiger partial charge in [0.1, 0.15) is 0 Å². The van der Waals surface area contributed by atoms with E-state index in [4.69, 9.17) is 4.74 Å². The zero-order valence-electron chi connectivity index (χ0n) is 12.5. The molecule has 3 rings (SSSR count). The number of fused-ring (bicyclic) bond motifs is 2. The van der Waals surface area contributed by atoms with Crippen molar-refractivity contribution in [3.63, 3.8) is 0 Å². The van der Waals surface area contributed by atoms with E-state index in [1.54, 1.807) is 0 Å². The summed E-state index contributed by atoms with van der Waals surface area (Å²) < 4.78 is 4.70. The summed E-state index contributed by atoms with van der Waals surface area (Å²) in [6, 6.07) is 13.3. The van der Waals surface area contributed by atoms with Crippen LogP contribution in [-0.2, 0) is 16.0 Å². The highest BCUT2D eigenvalue weighted by molar-refractivity contribution is 5.89. The molecule has 0 fully saturated rings. The van der Waals surface area contributed by atoms with Crippen LogP contribution in [0.2, 0.25) is 0 Å². The van der Waals surface area contributed by atoms with E-state index in [2.05, 4.69) is 9.97 Å².